The van der Waals surface area contributed by atoms with Crippen LogP contribution in [-0.4, -0.2) is 23.1 Å². The van der Waals surface area contributed by atoms with Gasteiger partial charge in [0, 0.05) is 0 Å². The molecule has 0 heterocycles. The quantitative estimate of drug-likeness (QED) is 0.616. The number of hydrogen-bond acceptors (Lipinski definition) is 0. The third kappa shape index (κ3) is 2.46. The summed E-state index contributed by atoms with van der Waals surface area (Å²) in [6.45, 7) is 4.50. The summed E-state index contributed by atoms with van der Waals surface area (Å²) in [5.74, 6) is 0. The average molecular weight is 213 g/mol. The third-order valence-corrected chi connectivity index (χ3v) is 3.18. The molecule has 0 nitrogen and oxygen atoms in total. The largest absolute Gasteiger partial charge is 2.00 e. The molecule has 2 aliphatic rings. The van der Waals surface area contributed by atoms with Gasteiger partial charge in [0.1, 0.15) is 0 Å². The monoisotopic (exact) mass is 212 g/mol. The van der Waals surface area contributed by atoms with Crippen molar-refractivity contribution in [1.29, 1.82) is 0 Å². The molecule has 0 saturated heterocycles. The SMILES string of the molecule is CCC1=C(C2=C(CC)C=CC2)CC=C1.[H-].[H-].[Mg+2]. The van der Waals surface area contributed by atoms with E-state index < -0.39 is 0 Å². The second kappa shape index (κ2) is 5.71. The first kappa shape index (κ1) is 12.8. The van der Waals surface area contributed by atoms with Crippen molar-refractivity contribution in [2.75, 3.05) is 0 Å². The second-order valence-corrected chi connectivity index (χ2v) is 3.93. The molecule has 0 atom stereocenters. The van der Waals surface area contributed by atoms with Crippen molar-refractivity contribution >= 4 is 23.1 Å². The average Bonchev–Trinajstić information content (AvgIpc) is 2.85. The Balaban J connectivity index is 0. The molecule has 0 saturated carbocycles. The molecule has 0 amide bonds. The van der Waals surface area contributed by atoms with Crippen molar-refractivity contribution in [3.05, 3.63) is 46.6 Å². The van der Waals surface area contributed by atoms with Gasteiger partial charge in [-0.1, -0.05) is 38.2 Å². The molecule has 0 aromatic rings. The van der Waals surface area contributed by atoms with E-state index in [1.54, 1.807) is 22.3 Å². The zero-order valence-corrected chi connectivity index (χ0v) is 11.3. The van der Waals surface area contributed by atoms with E-state index in [0.717, 1.165) is 12.8 Å². The Morgan fingerprint density at radius 3 is 1.67 bits per heavy atom. The summed E-state index contributed by atoms with van der Waals surface area (Å²) in [7, 11) is 0. The molecule has 0 unspecified atom stereocenters. The van der Waals surface area contributed by atoms with Crippen LogP contribution >= 0.6 is 0 Å². The Morgan fingerprint density at radius 2 is 1.33 bits per heavy atom. The minimum Gasteiger partial charge on any atom is -1.00 e. The summed E-state index contributed by atoms with van der Waals surface area (Å²) < 4.78 is 0. The van der Waals surface area contributed by atoms with Crippen LogP contribution in [0.1, 0.15) is 42.4 Å². The van der Waals surface area contributed by atoms with Gasteiger partial charge in [0.25, 0.3) is 0 Å². The minimum atomic E-state index is 0. The third-order valence-electron chi connectivity index (χ3n) is 3.18. The molecule has 0 bridgehead atoms. The molecule has 2 aliphatic carbocycles. The van der Waals surface area contributed by atoms with Crippen molar-refractivity contribution in [3.8, 4) is 0 Å². The van der Waals surface area contributed by atoms with Gasteiger partial charge in [-0.3, -0.25) is 0 Å². The van der Waals surface area contributed by atoms with Gasteiger partial charge in [-0.15, -0.1) is 0 Å². The summed E-state index contributed by atoms with van der Waals surface area (Å²) in [5, 5.41) is 0. The first-order chi connectivity index (χ1) is 6.86. The summed E-state index contributed by atoms with van der Waals surface area (Å²) >= 11 is 0. The van der Waals surface area contributed by atoms with Crippen molar-refractivity contribution in [2.24, 2.45) is 0 Å². The van der Waals surface area contributed by atoms with Gasteiger partial charge in [0.2, 0.25) is 0 Å². The topological polar surface area (TPSA) is 0 Å². The van der Waals surface area contributed by atoms with Crippen molar-refractivity contribution in [3.63, 3.8) is 0 Å². The molecule has 0 fully saturated rings. The van der Waals surface area contributed by atoms with Crippen LogP contribution < -0.4 is 0 Å². The van der Waals surface area contributed by atoms with Gasteiger partial charge in [0.05, 0.1) is 0 Å². The Labute approximate surface area is 112 Å². The molecule has 0 aliphatic heterocycles. The minimum absolute atomic E-state index is 0. The maximum absolute atomic E-state index is 2.30. The van der Waals surface area contributed by atoms with Crippen molar-refractivity contribution in [1.82, 2.24) is 0 Å². The summed E-state index contributed by atoms with van der Waals surface area (Å²) in [6.07, 6.45) is 13.9. The fraction of sp³-hybridized carbons (Fsp3) is 0.429. The molecule has 0 aromatic heterocycles. The van der Waals surface area contributed by atoms with E-state index >= 15 is 0 Å². The summed E-state index contributed by atoms with van der Waals surface area (Å²) in [6, 6.07) is 0. The maximum atomic E-state index is 2.30. The molecule has 1 heteroatoms. The maximum Gasteiger partial charge on any atom is 2.00 e. The zero-order valence-electron chi connectivity index (χ0n) is 11.8. The van der Waals surface area contributed by atoms with Crippen molar-refractivity contribution < 1.29 is 2.85 Å². The van der Waals surface area contributed by atoms with Crippen LogP contribution in [0.4, 0.5) is 0 Å². The first-order valence-electron chi connectivity index (χ1n) is 5.64. The van der Waals surface area contributed by atoms with Crippen LogP contribution in [0.3, 0.4) is 0 Å². The molecule has 0 aromatic carbocycles. The van der Waals surface area contributed by atoms with Crippen LogP contribution in [0.5, 0.6) is 0 Å². The fourth-order valence-electron chi connectivity index (χ4n) is 2.40. The van der Waals surface area contributed by atoms with Gasteiger partial charge < -0.3 is 2.85 Å². The Hall–Kier alpha value is -0.274. The molecular formula is C14H20Mg. The van der Waals surface area contributed by atoms with E-state index in [4.69, 9.17) is 0 Å². The first-order valence-corrected chi connectivity index (χ1v) is 5.64. The summed E-state index contributed by atoms with van der Waals surface area (Å²) in [4.78, 5) is 0. The Kier molecular flexibility index (Phi) is 4.87. The van der Waals surface area contributed by atoms with E-state index in [1.807, 2.05) is 0 Å². The number of hydrogen-bond donors (Lipinski definition) is 0. The molecule has 78 valence electrons. The van der Waals surface area contributed by atoms with Gasteiger partial charge in [-0.05, 0) is 48.0 Å². The summed E-state index contributed by atoms with van der Waals surface area (Å²) in [5.41, 5.74) is 6.31. The van der Waals surface area contributed by atoms with E-state index in [0.29, 0.717) is 0 Å². The Bertz CT molecular complexity index is 326. The number of allylic oxidation sites excluding steroid dienone is 8. The number of rotatable bonds is 3. The van der Waals surface area contributed by atoms with Crippen LogP contribution in [-0.2, 0) is 0 Å². The predicted molar refractivity (Wildman–Crippen MR) is 70.1 cm³/mol. The molecule has 0 N–H and O–H groups in total. The van der Waals surface area contributed by atoms with Crippen LogP contribution in [0, 0.1) is 0 Å². The predicted octanol–water partition coefficient (Wildman–Crippen LogP) is 4.16. The van der Waals surface area contributed by atoms with E-state index in [2.05, 4.69) is 38.2 Å². The van der Waals surface area contributed by atoms with Gasteiger partial charge in [0.15, 0.2) is 0 Å². The van der Waals surface area contributed by atoms with Gasteiger partial charge >= 0.3 is 23.1 Å². The van der Waals surface area contributed by atoms with Crippen LogP contribution in [0.2, 0.25) is 0 Å². The van der Waals surface area contributed by atoms with E-state index in [1.165, 1.54) is 12.8 Å². The molecule has 0 spiro atoms. The molecule has 15 heavy (non-hydrogen) atoms. The molecular weight excluding hydrogens is 192 g/mol. The van der Waals surface area contributed by atoms with E-state index in [-0.39, 0.29) is 25.9 Å². The van der Waals surface area contributed by atoms with Crippen LogP contribution in [0.15, 0.2) is 46.6 Å². The van der Waals surface area contributed by atoms with Gasteiger partial charge in [-0.2, -0.15) is 0 Å². The van der Waals surface area contributed by atoms with Gasteiger partial charge in [-0.25, -0.2) is 0 Å². The van der Waals surface area contributed by atoms with Crippen molar-refractivity contribution in [2.45, 2.75) is 39.5 Å². The second-order valence-electron chi connectivity index (χ2n) is 3.93. The fourth-order valence-corrected chi connectivity index (χ4v) is 2.40. The molecule has 0 radical (unpaired) electrons. The standard InChI is InChI=1S/C14H18.Mg.2H/c1-3-11-7-5-9-13(11)14-10-6-8-12(14)4-2;;;/h5-8H,3-4,9-10H2,1-2H3;;;/q;+2;2*-1. The Morgan fingerprint density at radius 1 is 0.933 bits per heavy atom. The zero-order chi connectivity index (χ0) is 9.97. The molecule has 2 rings (SSSR count). The van der Waals surface area contributed by atoms with Crippen LogP contribution in [0.25, 0.3) is 0 Å². The van der Waals surface area contributed by atoms with E-state index in [9.17, 15) is 0 Å². The normalized spacial score (nSPS) is 19.1. The smallest absolute Gasteiger partial charge is 1.00 e.